The summed E-state index contributed by atoms with van der Waals surface area (Å²) in [4.78, 5) is 12.3. The van der Waals surface area contributed by atoms with Crippen LogP contribution in [0.4, 0.5) is 0 Å². The molecule has 1 atom stereocenters. The Morgan fingerprint density at radius 1 is 1.17 bits per heavy atom. The van der Waals surface area contributed by atoms with Crippen LogP contribution in [-0.4, -0.2) is 20.7 Å². The lowest BCUT2D eigenvalue weighted by Gasteiger charge is -2.46. The smallest absolute Gasteiger partial charge is 0.334 e. The largest absolute Gasteiger partial charge is 0.457 e. The topological polar surface area (TPSA) is 26.3 Å². The molecule has 0 aromatic heterocycles. The lowest BCUT2D eigenvalue weighted by atomic mass is 9.72. The Hall–Kier alpha value is -1.61. The first-order valence-electron chi connectivity index (χ1n) is 8.64. The summed E-state index contributed by atoms with van der Waals surface area (Å²) in [6.07, 6.45) is 2.99. The van der Waals surface area contributed by atoms with E-state index in [0.29, 0.717) is 12.5 Å². The van der Waals surface area contributed by atoms with E-state index in [1.165, 1.54) is 16.7 Å². The summed E-state index contributed by atoms with van der Waals surface area (Å²) in [6.45, 7) is 9.82. The van der Waals surface area contributed by atoms with E-state index in [1.807, 2.05) is 0 Å². The van der Waals surface area contributed by atoms with Crippen LogP contribution in [0, 0.1) is 0 Å². The molecule has 0 bridgehead atoms. The summed E-state index contributed by atoms with van der Waals surface area (Å²) >= 11 is 0. The van der Waals surface area contributed by atoms with Gasteiger partial charge in [0.2, 0.25) is 0 Å². The molecule has 1 heterocycles. The maximum Gasteiger partial charge on any atom is 0.334 e. The first-order valence-corrected chi connectivity index (χ1v) is 12.1. The van der Waals surface area contributed by atoms with E-state index in [4.69, 9.17) is 4.74 Å². The Balaban J connectivity index is 2.14. The van der Waals surface area contributed by atoms with Gasteiger partial charge < -0.3 is 4.74 Å². The van der Waals surface area contributed by atoms with Crippen molar-refractivity contribution in [3.8, 4) is 0 Å². The van der Waals surface area contributed by atoms with E-state index in [-0.39, 0.29) is 5.97 Å². The molecule has 3 heteroatoms. The van der Waals surface area contributed by atoms with E-state index < -0.39 is 8.07 Å². The molecule has 0 saturated carbocycles. The number of carbonyl (C=O) groups excluding carboxylic acids is 1. The van der Waals surface area contributed by atoms with E-state index in [1.54, 1.807) is 5.20 Å². The molecule has 1 aromatic rings. The molecule has 1 aliphatic carbocycles. The van der Waals surface area contributed by atoms with Crippen LogP contribution < -0.4 is 0 Å². The predicted molar refractivity (Wildman–Crippen MR) is 97.1 cm³/mol. The summed E-state index contributed by atoms with van der Waals surface area (Å²) in [7, 11) is -1.46. The number of cyclic esters (lactones) is 1. The fourth-order valence-corrected chi connectivity index (χ4v) is 6.15. The van der Waals surface area contributed by atoms with E-state index >= 15 is 0 Å². The summed E-state index contributed by atoms with van der Waals surface area (Å²) in [5.74, 6) is 0.227. The third-order valence-corrected chi connectivity index (χ3v) is 7.07. The Morgan fingerprint density at radius 2 is 1.87 bits per heavy atom. The SMILES string of the molecule is CCCCC1=C2C(=C([Si](C)(C)C)C2c2ccccc2)COC1=O. The van der Waals surface area contributed by atoms with E-state index in [2.05, 4.69) is 56.9 Å². The molecule has 0 saturated heterocycles. The van der Waals surface area contributed by atoms with Crippen LogP contribution in [0.3, 0.4) is 0 Å². The van der Waals surface area contributed by atoms with E-state index in [9.17, 15) is 4.79 Å². The normalized spacial score (nSPS) is 21.0. The van der Waals surface area contributed by atoms with Crippen molar-refractivity contribution in [3.05, 3.63) is 57.8 Å². The number of fused-ring (bicyclic) bond motifs is 1. The lowest BCUT2D eigenvalue weighted by molar-refractivity contribution is -0.139. The molecule has 0 spiro atoms. The molecule has 2 aliphatic rings. The monoisotopic (exact) mass is 326 g/mol. The molecule has 122 valence electrons. The highest BCUT2D eigenvalue weighted by molar-refractivity contribution is 6.84. The standard InChI is InChI=1S/C20H26O2Si/c1-5-6-12-15-18-16(13-22-20(15)21)19(23(2,3)4)17(18)14-10-8-7-9-11-14/h7-11,17H,5-6,12-13H2,1-4H3. The zero-order valence-electron chi connectivity index (χ0n) is 14.6. The zero-order valence-corrected chi connectivity index (χ0v) is 15.6. The van der Waals surface area contributed by atoms with Crippen LogP contribution in [0.2, 0.25) is 19.6 Å². The number of allylic oxidation sites excluding steroid dienone is 1. The van der Waals surface area contributed by atoms with Crippen molar-refractivity contribution in [1.29, 1.82) is 0 Å². The fraction of sp³-hybridized carbons (Fsp3) is 0.450. The Morgan fingerprint density at radius 3 is 2.48 bits per heavy atom. The quantitative estimate of drug-likeness (QED) is 0.562. The van der Waals surface area contributed by atoms with Crippen molar-refractivity contribution in [3.63, 3.8) is 0 Å². The summed E-state index contributed by atoms with van der Waals surface area (Å²) in [5.41, 5.74) is 4.89. The van der Waals surface area contributed by atoms with Crippen LogP contribution in [0.25, 0.3) is 0 Å². The van der Waals surface area contributed by atoms with Crippen LogP contribution in [-0.2, 0) is 9.53 Å². The molecule has 0 radical (unpaired) electrons. The third-order valence-electron chi connectivity index (χ3n) is 4.87. The number of esters is 1. The molecular formula is C20H26O2Si. The highest BCUT2D eigenvalue weighted by Gasteiger charge is 2.46. The summed E-state index contributed by atoms with van der Waals surface area (Å²) in [5, 5.41) is 1.57. The predicted octanol–water partition coefficient (Wildman–Crippen LogP) is 5.00. The third kappa shape index (κ3) is 2.83. The highest BCUT2D eigenvalue weighted by Crippen LogP contribution is 2.54. The van der Waals surface area contributed by atoms with Gasteiger partial charge in [-0.1, -0.05) is 68.5 Å². The lowest BCUT2D eigenvalue weighted by Crippen LogP contribution is -2.42. The van der Waals surface area contributed by atoms with Crippen LogP contribution in [0.15, 0.2) is 52.2 Å². The van der Waals surface area contributed by atoms with Gasteiger partial charge in [0, 0.05) is 11.5 Å². The Labute approximate surface area is 140 Å². The van der Waals surface area contributed by atoms with Gasteiger partial charge in [-0.05, 0) is 29.6 Å². The molecule has 3 rings (SSSR count). The number of carbonyl (C=O) groups is 1. The van der Waals surface area contributed by atoms with Gasteiger partial charge in [-0.15, -0.1) is 0 Å². The van der Waals surface area contributed by atoms with Gasteiger partial charge in [-0.2, -0.15) is 0 Å². The molecule has 23 heavy (non-hydrogen) atoms. The van der Waals surface area contributed by atoms with Crippen molar-refractivity contribution in [2.24, 2.45) is 0 Å². The van der Waals surface area contributed by atoms with Gasteiger partial charge in [0.25, 0.3) is 0 Å². The van der Waals surface area contributed by atoms with Crippen molar-refractivity contribution >= 4 is 14.0 Å². The molecule has 2 nitrogen and oxygen atoms in total. The summed E-state index contributed by atoms with van der Waals surface area (Å²) in [6, 6.07) is 10.7. The minimum absolute atomic E-state index is 0.0900. The molecule has 1 aromatic carbocycles. The number of hydrogen-bond donors (Lipinski definition) is 0. The second-order valence-corrected chi connectivity index (χ2v) is 12.6. The second-order valence-electron chi connectivity index (χ2n) is 7.56. The number of unbranched alkanes of at least 4 members (excludes halogenated alkanes) is 1. The number of benzene rings is 1. The van der Waals surface area contributed by atoms with Gasteiger partial charge >= 0.3 is 5.97 Å². The Kier molecular flexibility index (Phi) is 4.32. The Bertz CT molecular complexity index is 677. The average molecular weight is 327 g/mol. The minimum atomic E-state index is -1.46. The van der Waals surface area contributed by atoms with Gasteiger partial charge in [0.05, 0.1) is 8.07 Å². The zero-order chi connectivity index (χ0) is 16.6. The maximum atomic E-state index is 12.3. The van der Waals surface area contributed by atoms with Crippen LogP contribution in [0.5, 0.6) is 0 Å². The fourth-order valence-electron chi connectivity index (χ4n) is 3.86. The molecule has 1 aliphatic heterocycles. The number of hydrogen-bond acceptors (Lipinski definition) is 2. The van der Waals surface area contributed by atoms with E-state index in [0.717, 1.165) is 24.8 Å². The molecule has 0 amide bonds. The number of rotatable bonds is 5. The summed E-state index contributed by atoms with van der Waals surface area (Å²) < 4.78 is 5.50. The highest BCUT2D eigenvalue weighted by atomic mass is 28.3. The minimum Gasteiger partial charge on any atom is -0.457 e. The average Bonchev–Trinajstić information content (AvgIpc) is 2.48. The maximum absolute atomic E-state index is 12.3. The van der Waals surface area contributed by atoms with Crippen LogP contribution in [0.1, 0.15) is 37.7 Å². The van der Waals surface area contributed by atoms with Crippen molar-refractivity contribution in [1.82, 2.24) is 0 Å². The molecule has 1 unspecified atom stereocenters. The second kappa shape index (κ2) is 6.12. The first-order chi connectivity index (χ1) is 10.9. The van der Waals surface area contributed by atoms with Gasteiger partial charge in [-0.3, -0.25) is 0 Å². The van der Waals surface area contributed by atoms with Crippen molar-refractivity contribution in [2.45, 2.75) is 51.7 Å². The van der Waals surface area contributed by atoms with Gasteiger partial charge in [-0.25, -0.2) is 4.79 Å². The van der Waals surface area contributed by atoms with Crippen molar-refractivity contribution < 1.29 is 9.53 Å². The first kappa shape index (κ1) is 16.3. The van der Waals surface area contributed by atoms with Gasteiger partial charge in [0.1, 0.15) is 6.61 Å². The van der Waals surface area contributed by atoms with Crippen LogP contribution >= 0.6 is 0 Å². The molecular weight excluding hydrogens is 300 g/mol. The number of ether oxygens (including phenoxy) is 1. The van der Waals surface area contributed by atoms with Crippen molar-refractivity contribution in [2.75, 3.05) is 6.61 Å². The van der Waals surface area contributed by atoms with Gasteiger partial charge in [0.15, 0.2) is 0 Å². The molecule has 0 fully saturated rings. The molecule has 0 N–H and O–H groups in total.